The normalized spacial score (nSPS) is 10.5. The Morgan fingerprint density at radius 1 is 0.773 bits per heavy atom. The Balaban J connectivity index is 0. The van der Waals surface area contributed by atoms with Gasteiger partial charge in [0.05, 0.1) is 0 Å². The van der Waals surface area contributed by atoms with E-state index in [1.165, 1.54) is 70.6 Å². The summed E-state index contributed by atoms with van der Waals surface area (Å²) in [5.41, 5.74) is 0. The molecule has 0 atom stereocenters. The standard InChI is InChI=1S/C18H34O2.H3NO/c1-2-3-4-5-6-7-8-9-10-11-12-13-14-15-16-17-18(19)20;1-2/h9-10H,2-8,11-17H2,1H3,(H,19,20);2H,1H2/b10-9-;. The molecule has 0 spiro atoms. The molecule has 0 aromatic carbocycles. The minimum atomic E-state index is -0.664. The summed E-state index contributed by atoms with van der Waals surface area (Å²) in [6, 6.07) is 0. The minimum absolute atomic E-state index is 0.332. The van der Waals surface area contributed by atoms with Gasteiger partial charge >= 0.3 is 5.97 Å². The Bertz CT molecular complexity index is 242. The zero-order valence-electron chi connectivity index (χ0n) is 14.4. The third-order valence-corrected chi connectivity index (χ3v) is 3.65. The van der Waals surface area contributed by atoms with Gasteiger partial charge in [-0.3, -0.25) is 4.79 Å². The smallest absolute Gasteiger partial charge is 0.303 e. The lowest BCUT2D eigenvalue weighted by Crippen LogP contribution is -1.93. The molecular weight excluding hydrogens is 278 g/mol. The molecular formula is C18H37NO3. The van der Waals surface area contributed by atoms with Gasteiger partial charge in [-0.1, -0.05) is 70.4 Å². The van der Waals surface area contributed by atoms with Crippen LogP contribution in [-0.4, -0.2) is 16.3 Å². The lowest BCUT2D eigenvalue weighted by molar-refractivity contribution is -0.137. The summed E-state index contributed by atoms with van der Waals surface area (Å²) in [6.07, 6.45) is 21.2. The predicted octanol–water partition coefficient (Wildman–Crippen LogP) is 5.44. The van der Waals surface area contributed by atoms with Crippen LogP contribution in [0.2, 0.25) is 0 Å². The van der Waals surface area contributed by atoms with E-state index in [-0.39, 0.29) is 0 Å². The van der Waals surface area contributed by atoms with Gasteiger partial charge < -0.3 is 10.3 Å². The highest BCUT2D eigenvalue weighted by Crippen LogP contribution is 2.09. The highest BCUT2D eigenvalue weighted by molar-refractivity contribution is 5.66. The number of allylic oxidation sites excluding steroid dienone is 2. The number of carboxylic acids is 1. The van der Waals surface area contributed by atoms with Crippen molar-refractivity contribution >= 4 is 5.97 Å². The Hall–Kier alpha value is -0.870. The maximum Gasteiger partial charge on any atom is 0.303 e. The van der Waals surface area contributed by atoms with Crippen molar-refractivity contribution in [2.24, 2.45) is 5.90 Å². The SMILES string of the molecule is CCCCCCCC/C=C\CCCCCCCC(=O)O.NO. The van der Waals surface area contributed by atoms with Crippen molar-refractivity contribution in [1.82, 2.24) is 0 Å². The second kappa shape index (κ2) is 22.4. The molecule has 132 valence electrons. The number of carbonyl (C=O) groups is 1. The summed E-state index contributed by atoms with van der Waals surface area (Å²) in [5.74, 6) is 2.84. The summed E-state index contributed by atoms with van der Waals surface area (Å²) in [5, 5.41) is 15.0. The highest BCUT2D eigenvalue weighted by Gasteiger charge is 1.95. The van der Waals surface area contributed by atoms with Gasteiger partial charge in [-0.15, -0.1) is 0 Å². The summed E-state index contributed by atoms with van der Waals surface area (Å²) in [6.45, 7) is 2.26. The van der Waals surface area contributed by atoms with Crippen molar-refractivity contribution in [2.75, 3.05) is 0 Å². The molecule has 0 aliphatic carbocycles. The van der Waals surface area contributed by atoms with Crippen LogP contribution in [-0.2, 0) is 4.79 Å². The van der Waals surface area contributed by atoms with E-state index in [0.717, 1.165) is 12.8 Å². The summed E-state index contributed by atoms with van der Waals surface area (Å²) in [4.78, 5) is 10.3. The molecule has 0 fully saturated rings. The van der Waals surface area contributed by atoms with Gasteiger partial charge in [-0.25, -0.2) is 5.90 Å². The van der Waals surface area contributed by atoms with Crippen LogP contribution in [0.15, 0.2) is 12.2 Å². The van der Waals surface area contributed by atoms with Gasteiger partial charge in [0.15, 0.2) is 0 Å². The monoisotopic (exact) mass is 315 g/mol. The molecule has 0 rings (SSSR count). The summed E-state index contributed by atoms with van der Waals surface area (Å²) >= 11 is 0. The number of hydrogen-bond acceptors (Lipinski definition) is 3. The van der Waals surface area contributed by atoms with Crippen molar-refractivity contribution in [1.29, 1.82) is 0 Å². The average Bonchev–Trinajstić information content (AvgIpc) is 2.53. The number of hydrogen-bond donors (Lipinski definition) is 3. The Kier molecular flexibility index (Phi) is 23.8. The molecule has 0 saturated heterocycles. The van der Waals surface area contributed by atoms with Crippen LogP contribution in [0.3, 0.4) is 0 Å². The van der Waals surface area contributed by atoms with E-state index in [1.54, 1.807) is 0 Å². The van der Waals surface area contributed by atoms with Crippen LogP contribution < -0.4 is 5.90 Å². The number of aliphatic carboxylic acids is 1. The average molecular weight is 315 g/mol. The van der Waals surface area contributed by atoms with E-state index in [4.69, 9.17) is 10.3 Å². The molecule has 4 N–H and O–H groups in total. The van der Waals surface area contributed by atoms with Crippen LogP contribution in [0.4, 0.5) is 0 Å². The van der Waals surface area contributed by atoms with Crippen LogP contribution in [0, 0.1) is 0 Å². The fourth-order valence-electron chi connectivity index (χ4n) is 2.35. The zero-order chi connectivity index (χ0) is 16.9. The molecule has 0 amide bonds. The van der Waals surface area contributed by atoms with E-state index >= 15 is 0 Å². The van der Waals surface area contributed by atoms with E-state index < -0.39 is 5.97 Å². The van der Waals surface area contributed by atoms with Crippen LogP contribution in [0.5, 0.6) is 0 Å². The number of unbranched alkanes of at least 4 members (excludes halogenated alkanes) is 11. The first kappa shape index (κ1) is 23.4. The van der Waals surface area contributed by atoms with Gasteiger partial charge in [0.2, 0.25) is 0 Å². The molecule has 0 aromatic heterocycles. The fraction of sp³-hybridized carbons (Fsp3) is 0.833. The number of rotatable bonds is 15. The van der Waals surface area contributed by atoms with Gasteiger partial charge in [0, 0.05) is 6.42 Å². The van der Waals surface area contributed by atoms with Crippen molar-refractivity contribution < 1.29 is 15.1 Å². The zero-order valence-corrected chi connectivity index (χ0v) is 14.4. The van der Waals surface area contributed by atoms with Gasteiger partial charge in [-0.2, -0.15) is 0 Å². The molecule has 0 bridgehead atoms. The lowest BCUT2D eigenvalue weighted by Gasteiger charge is -1.99. The highest BCUT2D eigenvalue weighted by atomic mass is 16.4. The van der Waals surface area contributed by atoms with Crippen LogP contribution >= 0.6 is 0 Å². The van der Waals surface area contributed by atoms with Crippen molar-refractivity contribution in [2.45, 2.75) is 96.8 Å². The Morgan fingerprint density at radius 2 is 1.18 bits per heavy atom. The molecule has 0 radical (unpaired) electrons. The second-order valence-electron chi connectivity index (χ2n) is 5.73. The first-order valence-corrected chi connectivity index (χ1v) is 8.90. The molecule has 0 saturated carbocycles. The Morgan fingerprint density at radius 3 is 1.64 bits per heavy atom. The van der Waals surface area contributed by atoms with E-state index in [2.05, 4.69) is 25.0 Å². The maximum atomic E-state index is 10.3. The quantitative estimate of drug-likeness (QED) is 0.213. The topological polar surface area (TPSA) is 83.5 Å². The minimum Gasteiger partial charge on any atom is -0.481 e. The third kappa shape index (κ3) is 24.2. The third-order valence-electron chi connectivity index (χ3n) is 3.65. The molecule has 4 nitrogen and oxygen atoms in total. The van der Waals surface area contributed by atoms with Crippen molar-refractivity contribution in [3.8, 4) is 0 Å². The number of nitrogens with two attached hydrogens (primary N) is 1. The van der Waals surface area contributed by atoms with Crippen molar-refractivity contribution in [3.63, 3.8) is 0 Å². The predicted molar refractivity (Wildman–Crippen MR) is 93.1 cm³/mol. The fourth-order valence-corrected chi connectivity index (χ4v) is 2.35. The van der Waals surface area contributed by atoms with Gasteiger partial charge in [0.25, 0.3) is 0 Å². The van der Waals surface area contributed by atoms with Crippen molar-refractivity contribution in [3.05, 3.63) is 12.2 Å². The van der Waals surface area contributed by atoms with Crippen LogP contribution in [0.25, 0.3) is 0 Å². The van der Waals surface area contributed by atoms with E-state index in [9.17, 15) is 4.79 Å². The van der Waals surface area contributed by atoms with Gasteiger partial charge in [-0.05, 0) is 32.1 Å². The first-order chi connectivity index (χ1) is 10.8. The molecule has 0 aliphatic rings. The molecule has 22 heavy (non-hydrogen) atoms. The maximum absolute atomic E-state index is 10.3. The largest absolute Gasteiger partial charge is 0.481 e. The van der Waals surface area contributed by atoms with E-state index in [0.29, 0.717) is 6.42 Å². The molecule has 0 aromatic rings. The Labute approximate surface area is 136 Å². The summed E-state index contributed by atoms with van der Waals surface area (Å²) < 4.78 is 0. The number of carboxylic acid groups (broad SMARTS) is 1. The summed E-state index contributed by atoms with van der Waals surface area (Å²) in [7, 11) is 0. The van der Waals surface area contributed by atoms with E-state index in [1.807, 2.05) is 0 Å². The molecule has 4 heteroatoms. The first-order valence-electron chi connectivity index (χ1n) is 8.90. The molecule has 0 unspecified atom stereocenters. The van der Waals surface area contributed by atoms with Gasteiger partial charge in [0.1, 0.15) is 0 Å². The second-order valence-corrected chi connectivity index (χ2v) is 5.73. The van der Waals surface area contributed by atoms with Crippen LogP contribution in [0.1, 0.15) is 96.8 Å². The molecule has 0 aliphatic heterocycles. The lowest BCUT2D eigenvalue weighted by atomic mass is 10.1. The molecule has 0 heterocycles.